The van der Waals surface area contributed by atoms with E-state index in [1.54, 1.807) is 0 Å². The van der Waals surface area contributed by atoms with Crippen LogP contribution in [0.25, 0.3) is 0 Å². The summed E-state index contributed by atoms with van der Waals surface area (Å²) in [6.45, 7) is 9.33. The summed E-state index contributed by atoms with van der Waals surface area (Å²) in [6.07, 6.45) is 1.25. The van der Waals surface area contributed by atoms with E-state index < -0.39 is 0 Å². The molecular formula is C13H22O. The summed E-state index contributed by atoms with van der Waals surface area (Å²) in [5.74, 6) is 1.55. The molecule has 0 saturated carbocycles. The lowest BCUT2D eigenvalue weighted by Crippen LogP contribution is -2.03. The monoisotopic (exact) mass is 194 g/mol. The third-order valence-electron chi connectivity index (χ3n) is 1.33. The van der Waals surface area contributed by atoms with Gasteiger partial charge in [0.1, 0.15) is 5.75 Å². The Bertz CT molecular complexity index is 204. The Labute approximate surface area is 88.1 Å². The van der Waals surface area contributed by atoms with Crippen LogP contribution >= 0.6 is 0 Å². The predicted molar refractivity (Wildman–Crippen MR) is 62.7 cm³/mol. The van der Waals surface area contributed by atoms with Gasteiger partial charge in [0, 0.05) is 0 Å². The molecule has 0 amide bonds. The van der Waals surface area contributed by atoms with Crippen LogP contribution in [0.1, 0.15) is 34.1 Å². The first-order valence-corrected chi connectivity index (χ1v) is 5.38. The molecule has 0 atom stereocenters. The molecule has 0 bridgehead atoms. The molecular weight excluding hydrogens is 172 g/mol. The summed E-state index contributed by atoms with van der Waals surface area (Å²) < 4.78 is 5.47. The summed E-state index contributed by atoms with van der Waals surface area (Å²) in [4.78, 5) is 0. The van der Waals surface area contributed by atoms with E-state index in [1.165, 1.54) is 6.42 Å². The van der Waals surface area contributed by atoms with Crippen molar-refractivity contribution in [1.29, 1.82) is 0 Å². The number of benzene rings is 1. The maximum Gasteiger partial charge on any atom is 0.119 e. The van der Waals surface area contributed by atoms with Crippen molar-refractivity contribution >= 4 is 0 Å². The molecule has 1 rings (SSSR count). The van der Waals surface area contributed by atoms with Crippen LogP contribution in [0.5, 0.6) is 5.75 Å². The molecule has 0 N–H and O–H groups in total. The summed E-state index contributed by atoms with van der Waals surface area (Å²) in [7, 11) is 0. The molecule has 0 aliphatic heterocycles. The van der Waals surface area contributed by atoms with Crippen LogP contribution in [0.3, 0.4) is 0 Å². The minimum atomic E-state index is 0.593. The van der Waals surface area contributed by atoms with Gasteiger partial charge < -0.3 is 4.74 Å². The van der Waals surface area contributed by atoms with Crippen molar-refractivity contribution in [2.24, 2.45) is 5.92 Å². The normalized spacial score (nSPS) is 9.21. The zero-order valence-corrected chi connectivity index (χ0v) is 9.79. The van der Waals surface area contributed by atoms with Crippen LogP contribution in [-0.2, 0) is 0 Å². The smallest absolute Gasteiger partial charge is 0.119 e. The molecule has 0 unspecified atom stereocenters. The second-order valence-electron chi connectivity index (χ2n) is 3.73. The van der Waals surface area contributed by atoms with E-state index in [0.717, 1.165) is 12.4 Å². The third kappa shape index (κ3) is 7.66. The Morgan fingerprint density at radius 2 is 1.57 bits per heavy atom. The van der Waals surface area contributed by atoms with Gasteiger partial charge in [0.15, 0.2) is 0 Å². The molecule has 0 radical (unpaired) electrons. The molecule has 80 valence electrons. The van der Waals surface area contributed by atoms with Gasteiger partial charge in [0.25, 0.3) is 0 Å². The molecule has 1 aromatic rings. The maximum atomic E-state index is 5.47. The molecule has 0 fully saturated rings. The Balaban J connectivity index is 0.000000500. The number of ether oxygens (including phenoxy) is 1. The van der Waals surface area contributed by atoms with Crippen molar-refractivity contribution in [3.05, 3.63) is 30.3 Å². The Morgan fingerprint density at radius 3 is 2.00 bits per heavy atom. The highest BCUT2D eigenvalue weighted by Gasteiger charge is 1.94. The molecule has 0 aliphatic carbocycles. The zero-order chi connectivity index (χ0) is 10.8. The molecule has 1 heteroatoms. The molecule has 0 aliphatic rings. The van der Waals surface area contributed by atoms with Crippen LogP contribution < -0.4 is 4.74 Å². The number of rotatable bonds is 3. The second-order valence-corrected chi connectivity index (χ2v) is 3.73. The molecule has 0 spiro atoms. The minimum absolute atomic E-state index is 0.593. The second kappa shape index (κ2) is 8.61. The van der Waals surface area contributed by atoms with E-state index in [1.807, 2.05) is 30.3 Å². The quantitative estimate of drug-likeness (QED) is 0.702. The van der Waals surface area contributed by atoms with Crippen molar-refractivity contribution in [2.45, 2.75) is 34.1 Å². The fourth-order valence-corrected chi connectivity index (χ4v) is 0.780. The van der Waals surface area contributed by atoms with Gasteiger partial charge in [-0.05, 0) is 18.1 Å². The lowest BCUT2D eigenvalue weighted by Gasteiger charge is -2.07. The lowest BCUT2D eigenvalue weighted by molar-refractivity contribution is 0.271. The summed E-state index contributed by atoms with van der Waals surface area (Å²) >= 11 is 0. The number of para-hydroxylation sites is 1. The topological polar surface area (TPSA) is 9.23 Å². The van der Waals surface area contributed by atoms with Gasteiger partial charge in [-0.3, -0.25) is 0 Å². The molecule has 0 saturated heterocycles. The van der Waals surface area contributed by atoms with Crippen molar-refractivity contribution < 1.29 is 4.74 Å². The zero-order valence-electron chi connectivity index (χ0n) is 9.79. The fraction of sp³-hybridized carbons (Fsp3) is 0.538. The number of hydrogen-bond acceptors (Lipinski definition) is 1. The van der Waals surface area contributed by atoms with E-state index in [-0.39, 0.29) is 0 Å². The van der Waals surface area contributed by atoms with Crippen molar-refractivity contribution in [3.63, 3.8) is 0 Å². The average Bonchev–Trinajstić information content (AvgIpc) is 2.18. The van der Waals surface area contributed by atoms with Gasteiger partial charge in [-0.15, -0.1) is 0 Å². The summed E-state index contributed by atoms with van der Waals surface area (Å²) in [6, 6.07) is 9.90. The highest BCUT2D eigenvalue weighted by molar-refractivity contribution is 5.20. The van der Waals surface area contributed by atoms with Gasteiger partial charge in [-0.25, -0.2) is 0 Å². The predicted octanol–water partition coefficient (Wildman–Crippen LogP) is 4.14. The van der Waals surface area contributed by atoms with Gasteiger partial charge in [0.05, 0.1) is 6.61 Å². The van der Waals surface area contributed by atoms with E-state index in [9.17, 15) is 0 Å². The maximum absolute atomic E-state index is 5.47. The van der Waals surface area contributed by atoms with Gasteiger partial charge in [-0.2, -0.15) is 0 Å². The number of hydrogen-bond donors (Lipinski definition) is 0. The van der Waals surface area contributed by atoms with E-state index in [0.29, 0.717) is 5.92 Å². The summed E-state index contributed by atoms with van der Waals surface area (Å²) in [5, 5.41) is 0. The van der Waals surface area contributed by atoms with Gasteiger partial charge in [-0.1, -0.05) is 52.3 Å². The van der Waals surface area contributed by atoms with E-state index in [4.69, 9.17) is 4.74 Å². The molecule has 0 heterocycles. The first-order valence-electron chi connectivity index (χ1n) is 5.38. The minimum Gasteiger partial charge on any atom is -0.493 e. The highest BCUT2D eigenvalue weighted by Crippen LogP contribution is 2.09. The third-order valence-corrected chi connectivity index (χ3v) is 1.33. The van der Waals surface area contributed by atoms with Crippen molar-refractivity contribution in [3.8, 4) is 5.75 Å². The first kappa shape index (κ1) is 13.0. The van der Waals surface area contributed by atoms with Crippen LogP contribution in [0.4, 0.5) is 0 Å². The average molecular weight is 194 g/mol. The Morgan fingerprint density at radius 1 is 1.07 bits per heavy atom. The first-order chi connectivity index (χ1) is 6.70. The van der Waals surface area contributed by atoms with Crippen LogP contribution in [0, 0.1) is 5.92 Å². The largest absolute Gasteiger partial charge is 0.493 e. The van der Waals surface area contributed by atoms with Crippen LogP contribution in [0.2, 0.25) is 0 Å². The fourth-order valence-electron chi connectivity index (χ4n) is 0.780. The van der Waals surface area contributed by atoms with Crippen molar-refractivity contribution in [2.75, 3.05) is 6.61 Å². The Hall–Kier alpha value is -0.980. The van der Waals surface area contributed by atoms with Crippen LogP contribution in [0.15, 0.2) is 30.3 Å². The van der Waals surface area contributed by atoms with E-state index in [2.05, 4.69) is 27.7 Å². The van der Waals surface area contributed by atoms with E-state index >= 15 is 0 Å². The standard InChI is InChI=1S/C10H14O.C3H8/c1-9(2)8-11-10-6-4-3-5-7-10;1-3-2/h3-7,9H,8H2,1-2H3;3H2,1-2H3. The van der Waals surface area contributed by atoms with Gasteiger partial charge >= 0.3 is 0 Å². The highest BCUT2D eigenvalue weighted by atomic mass is 16.5. The molecule has 1 aromatic carbocycles. The molecule has 14 heavy (non-hydrogen) atoms. The van der Waals surface area contributed by atoms with Crippen LogP contribution in [-0.4, -0.2) is 6.61 Å². The van der Waals surface area contributed by atoms with Crippen molar-refractivity contribution in [1.82, 2.24) is 0 Å². The van der Waals surface area contributed by atoms with Gasteiger partial charge in [0.2, 0.25) is 0 Å². The SMILES string of the molecule is CC(C)COc1ccccc1.CCC. The lowest BCUT2D eigenvalue weighted by atomic mass is 10.2. The molecule has 1 nitrogen and oxygen atoms in total. The summed E-state index contributed by atoms with van der Waals surface area (Å²) in [5.41, 5.74) is 0. The Kier molecular flexibility index (Phi) is 8.01. The molecule has 0 aromatic heterocycles.